The first-order valence-corrected chi connectivity index (χ1v) is 5.06. The maximum Gasteiger partial charge on any atom is 0.258 e. The van der Waals surface area contributed by atoms with Crippen LogP contribution in [0.15, 0.2) is 23.1 Å². The molecule has 0 radical (unpaired) electrons. The molecule has 5 heteroatoms. The third kappa shape index (κ3) is 1.71. The highest BCUT2D eigenvalue weighted by atomic mass is 16.3. The van der Waals surface area contributed by atoms with Crippen molar-refractivity contribution in [2.24, 2.45) is 0 Å². The molecule has 5 nitrogen and oxygen atoms in total. The molecule has 3 N–H and O–H groups in total. The number of nitrogens with zero attached hydrogens (tertiary/aromatic N) is 1. The second-order valence-electron chi connectivity index (χ2n) is 3.89. The molecule has 2 aromatic heterocycles. The van der Waals surface area contributed by atoms with Crippen LogP contribution in [0.4, 0.5) is 0 Å². The maximum absolute atomic E-state index is 11.7. The third-order valence-electron chi connectivity index (χ3n) is 2.37. The fourth-order valence-electron chi connectivity index (χ4n) is 1.60. The van der Waals surface area contributed by atoms with Crippen LogP contribution < -0.4 is 5.56 Å². The Morgan fingerprint density at radius 2 is 2.19 bits per heavy atom. The van der Waals surface area contributed by atoms with Gasteiger partial charge < -0.3 is 15.1 Å². The van der Waals surface area contributed by atoms with Crippen LogP contribution in [-0.4, -0.2) is 20.1 Å². The summed E-state index contributed by atoms with van der Waals surface area (Å²) in [5, 5.41) is 9.70. The highest BCUT2D eigenvalue weighted by molar-refractivity contribution is 5.50. The van der Waals surface area contributed by atoms with Crippen molar-refractivity contribution in [3.05, 3.63) is 34.2 Å². The number of nitrogens with one attached hydrogen (secondary N) is 2. The molecule has 0 spiro atoms. The van der Waals surface area contributed by atoms with Crippen molar-refractivity contribution in [3.8, 4) is 17.4 Å². The first-order chi connectivity index (χ1) is 7.59. The van der Waals surface area contributed by atoms with Crippen LogP contribution in [0.2, 0.25) is 0 Å². The van der Waals surface area contributed by atoms with Gasteiger partial charge in [0.25, 0.3) is 5.56 Å². The predicted molar refractivity (Wildman–Crippen MR) is 60.4 cm³/mol. The van der Waals surface area contributed by atoms with Crippen LogP contribution in [0, 0.1) is 0 Å². The number of rotatable bonds is 2. The van der Waals surface area contributed by atoms with Crippen molar-refractivity contribution in [2.45, 2.75) is 19.8 Å². The Labute approximate surface area is 92.2 Å². The lowest BCUT2D eigenvalue weighted by atomic mass is 10.1. The van der Waals surface area contributed by atoms with Gasteiger partial charge in [-0.3, -0.25) is 4.79 Å². The molecule has 2 rings (SSSR count). The lowest BCUT2D eigenvalue weighted by Crippen LogP contribution is -2.16. The number of hydrogen-bond donors (Lipinski definition) is 3. The summed E-state index contributed by atoms with van der Waals surface area (Å²) in [5.41, 5.74) is 0.685. The van der Waals surface area contributed by atoms with Gasteiger partial charge in [-0.25, -0.2) is 0 Å². The average molecular weight is 219 g/mol. The van der Waals surface area contributed by atoms with Crippen molar-refractivity contribution in [1.29, 1.82) is 0 Å². The average Bonchev–Trinajstić information content (AvgIpc) is 2.67. The fraction of sp³-hybridized carbons (Fsp3) is 0.273. The SMILES string of the molecule is CC(C)c1c(O)nc(-c2ccc[nH]2)[nH]c1=O. The fourth-order valence-corrected chi connectivity index (χ4v) is 1.60. The van der Waals surface area contributed by atoms with E-state index in [1.54, 1.807) is 18.3 Å². The Bertz CT molecular complexity index is 541. The van der Waals surface area contributed by atoms with Gasteiger partial charge in [-0.2, -0.15) is 4.98 Å². The molecule has 0 aliphatic carbocycles. The summed E-state index contributed by atoms with van der Waals surface area (Å²) in [6.07, 6.45) is 1.72. The Morgan fingerprint density at radius 3 is 2.69 bits per heavy atom. The molecule has 0 saturated heterocycles. The van der Waals surface area contributed by atoms with Crippen LogP contribution in [0.3, 0.4) is 0 Å². The second-order valence-corrected chi connectivity index (χ2v) is 3.89. The highest BCUT2D eigenvalue weighted by Gasteiger charge is 2.14. The van der Waals surface area contributed by atoms with E-state index >= 15 is 0 Å². The third-order valence-corrected chi connectivity index (χ3v) is 2.37. The van der Waals surface area contributed by atoms with Crippen LogP contribution in [0.1, 0.15) is 25.3 Å². The standard InChI is InChI=1S/C11H13N3O2/c1-6(2)8-10(15)13-9(14-11(8)16)7-4-3-5-12-7/h3-6,12H,1-2H3,(H2,13,14,15,16). The van der Waals surface area contributed by atoms with Crippen LogP contribution in [-0.2, 0) is 0 Å². The van der Waals surface area contributed by atoms with E-state index < -0.39 is 0 Å². The Hall–Kier alpha value is -2.04. The monoisotopic (exact) mass is 219 g/mol. The van der Waals surface area contributed by atoms with Gasteiger partial charge in [0.05, 0.1) is 11.3 Å². The van der Waals surface area contributed by atoms with Crippen molar-refractivity contribution >= 4 is 0 Å². The zero-order valence-corrected chi connectivity index (χ0v) is 9.11. The summed E-state index contributed by atoms with van der Waals surface area (Å²) >= 11 is 0. The number of aromatic hydroxyl groups is 1. The van der Waals surface area contributed by atoms with E-state index in [2.05, 4.69) is 15.0 Å². The number of aromatic nitrogens is 3. The van der Waals surface area contributed by atoms with E-state index in [9.17, 15) is 9.90 Å². The lowest BCUT2D eigenvalue weighted by molar-refractivity contribution is 0.440. The molecule has 0 unspecified atom stereocenters. The molecular weight excluding hydrogens is 206 g/mol. The largest absolute Gasteiger partial charge is 0.493 e. The van der Waals surface area contributed by atoms with Crippen LogP contribution >= 0.6 is 0 Å². The molecule has 0 aromatic carbocycles. The van der Waals surface area contributed by atoms with Gasteiger partial charge in [-0.15, -0.1) is 0 Å². The Morgan fingerprint density at radius 1 is 1.44 bits per heavy atom. The summed E-state index contributed by atoms with van der Waals surface area (Å²) in [6, 6.07) is 3.56. The smallest absolute Gasteiger partial charge is 0.258 e. The molecule has 0 amide bonds. The zero-order chi connectivity index (χ0) is 11.7. The molecule has 0 aliphatic rings. The van der Waals surface area contributed by atoms with Gasteiger partial charge in [0.15, 0.2) is 5.82 Å². The van der Waals surface area contributed by atoms with Crippen molar-refractivity contribution in [2.75, 3.05) is 0 Å². The van der Waals surface area contributed by atoms with Gasteiger partial charge in [0.1, 0.15) is 0 Å². The van der Waals surface area contributed by atoms with Crippen molar-refractivity contribution < 1.29 is 5.11 Å². The van der Waals surface area contributed by atoms with E-state index in [1.165, 1.54) is 0 Å². The van der Waals surface area contributed by atoms with Crippen LogP contribution in [0.5, 0.6) is 5.88 Å². The molecule has 0 atom stereocenters. The second kappa shape index (κ2) is 3.84. The van der Waals surface area contributed by atoms with E-state index in [4.69, 9.17) is 0 Å². The van der Waals surface area contributed by atoms with Gasteiger partial charge in [0.2, 0.25) is 5.88 Å². The normalized spacial score (nSPS) is 10.9. The molecule has 2 heterocycles. The minimum absolute atomic E-state index is 0.0612. The van der Waals surface area contributed by atoms with Gasteiger partial charge in [-0.1, -0.05) is 13.8 Å². The summed E-state index contributed by atoms with van der Waals surface area (Å²) in [6.45, 7) is 3.67. The minimum Gasteiger partial charge on any atom is -0.493 e. The van der Waals surface area contributed by atoms with Gasteiger partial charge >= 0.3 is 0 Å². The van der Waals surface area contributed by atoms with Crippen molar-refractivity contribution in [1.82, 2.24) is 15.0 Å². The number of aromatic amines is 2. The van der Waals surface area contributed by atoms with Crippen molar-refractivity contribution in [3.63, 3.8) is 0 Å². The molecule has 2 aromatic rings. The summed E-state index contributed by atoms with van der Waals surface area (Å²) in [7, 11) is 0. The predicted octanol–water partition coefficient (Wildman–Crippen LogP) is 1.59. The van der Waals surface area contributed by atoms with Gasteiger partial charge in [-0.05, 0) is 18.1 Å². The quantitative estimate of drug-likeness (QED) is 0.717. The van der Waals surface area contributed by atoms with Crippen LogP contribution in [0.25, 0.3) is 11.5 Å². The van der Waals surface area contributed by atoms with E-state index in [1.807, 2.05) is 13.8 Å². The van der Waals surface area contributed by atoms with Gasteiger partial charge in [0, 0.05) is 6.20 Å². The molecule has 84 valence electrons. The Balaban J connectivity index is 2.58. The first kappa shape index (κ1) is 10.5. The molecule has 0 aliphatic heterocycles. The highest BCUT2D eigenvalue weighted by Crippen LogP contribution is 2.21. The Kier molecular flexibility index (Phi) is 2.52. The molecule has 0 saturated carbocycles. The summed E-state index contributed by atoms with van der Waals surface area (Å²) < 4.78 is 0. The maximum atomic E-state index is 11.7. The topological polar surface area (TPSA) is 81.8 Å². The molecular formula is C11H13N3O2. The zero-order valence-electron chi connectivity index (χ0n) is 9.11. The van der Waals surface area contributed by atoms with E-state index in [0.29, 0.717) is 17.1 Å². The summed E-state index contributed by atoms with van der Waals surface area (Å²) in [5.74, 6) is 0.0780. The lowest BCUT2D eigenvalue weighted by Gasteiger charge is -2.07. The molecule has 16 heavy (non-hydrogen) atoms. The van der Waals surface area contributed by atoms with E-state index in [0.717, 1.165) is 0 Å². The molecule has 0 fully saturated rings. The summed E-state index contributed by atoms with van der Waals surface area (Å²) in [4.78, 5) is 21.2. The molecule has 0 bridgehead atoms. The number of H-pyrrole nitrogens is 2. The first-order valence-electron chi connectivity index (χ1n) is 5.06. The van der Waals surface area contributed by atoms with E-state index in [-0.39, 0.29) is 17.4 Å². The number of hydrogen-bond acceptors (Lipinski definition) is 3. The minimum atomic E-state index is -0.299.